The highest BCUT2D eigenvalue weighted by Crippen LogP contribution is 2.27. The topological polar surface area (TPSA) is 70.7 Å². The zero-order valence-electron chi connectivity index (χ0n) is 16.7. The molecule has 0 spiro atoms. The van der Waals surface area contributed by atoms with Crippen LogP contribution >= 0.6 is 24.0 Å². The van der Waals surface area contributed by atoms with Crippen LogP contribution in [0.5, 0.6) is 11.5 Å². The molecular weight excluding hydrogens is 486 g/mol. The van der Waals surface area contributed by atoms with Gasteiger partial charge in [0, 0.05) is 37.2 Å². The molecule has 0 aliphatic heterocycles. The lowest BCUT2D eigenvalue weighted by molar-refractivity contribution is 0.354. The Morgan fingerprint density at radius 1 is 1.07 bits per heavy atom. The summed E-state index contributed by atoms with van der Waals surface area (Å²) in [5.74, 6) is 1.86. The number of H-pyrrole nitrogens is 1. The molecule has 0 saturated heterocycles. The Kier molecular flexibility index (Phi) is 8.56. The average Bonchev–Trinajstić information content (AvgIpc) is 3.12. The summed E-state index contributed by atoms with van der Waals surface area (Å²) >= 11 is 0. The molecular formula is C21H26FIN4O2. The van der Waals surface area contributed by atoms with E-state index >= 15 is 0 Å². The van der Waals surface area contributed by atoms with E-state index in [4.69, 9.17) is 9.47 Å². The summed E-state index contributed by atoms with van der Waals surface area (Å²) in [7, 11) is 4.96. The second-order valence-electron chi connectivity index (χ2n) is 6.30. The van der Waals surface area contributed by atoms with Gasteiger partial charge in [0.25, 0.3) is 0 Å². The smallest absolute Gasteiger partial charge is 0.191 e. The second kappa shape index (κ2) is 10.9. The second-order valence-corrected chi connectivity index (χ2v) is 6.30. The molecule has 0 aliphatic rings. The van der Waals surface area contributed by atoms with Crippen molar-refractivity contribution < 1.29 is 13.9 Å². The van der Waals surface area contributed by atoms with E-state index < -0.39 is 0 Å². The monoisotopic (exact) mass is 512 g/mol. The maximum atomic E-state index is 13.5. The van der Waals surface area contributed by atoms with Gasteiger partial charge < -0.3 is 25.1 Å². The molecule has 0 amide bonds. The molecule has 1 heterocycles. The summed E-state index contributed by atoms with van der Waals surface area (Å²) in [6, 6.07) is 10.6. The minimum atomic E-state index is -0.228. The zero-order chi connectivity index (χ0) is 19.9. The third-order valence-electron chi connectivity index (χ3n) is 4.55. The standard InChI is InChI=1S/C21H25FN4O2.HI/c1-23-21(26-12-14-4-7-19(27-2)20(10-14)28-3)24-9-8-15-13-25-18-6-5-16(22)11-17(15)18;/h4-7,10-11,13,25H,8-9,12H2,1-3H3,(H2,23,24,26);1H. The third-order valence-corrected chi connectivity index (χ3v) is 4.55. The minimum absolute atomic E-state index is 0. The van der Waals surface area contributed by atoms with Gasteiger partial charge in [-0.25, -0.2) is 4.39 Å². The average molecular weight is 512 g/mol. The molecule has 156 valence electrons. The van der Waals surface area contributed by atoms with Crippen LogP contribution in [0.25, 0.3) is 10.9 Å². The normalized spacial score (nSPS) is 11.1. The number of guanidine groups is 1. The number of hydrogen-bond acceptors (Lipinski definition) is 3. The van der Waals surface area contributed by atoms with E-state index in [-0.39, 0.29) is 29.8 Å². The molecule has 0 bridgehead atoms. The molecule has 0 radical (unpaired) electrons. The number of aliphatic imine (C=N–C) groups is 1. The van der Waals surface area contributed by atoms with Gasteiger partial charge in [-0.3, -0.25) is 4.99 Å². The van der Waals surface area contributed by atoms with Crippen LogP contribution in [-0.2, 0) is 13.0 Å². The molecule has 0 saturated carbocycles. The van der Waals surface area contributed by atoms with Crippen molar-refractivity contribution in [2.24, 2.45) is 4.99 Å². The van der Waals surface area contributed by atoms with Gasteiger partial charge in [0.05, 0.1) is 14.2 Å². The number of fused-ring (bicyclic) bond motifs is 1. The molecule has 3 aromatic rings. The lowest BCUT2D eigenvalue weighted by atomic mass is 10.1. The first-order valence-corrected chi connectivity index (χ1v) is 9.05. The van der Waals surface area contributed by atoms with Gasteiger partial charge in [-0.2, -0.15) is 0 Å². The summed E-state index contributed by atoms with van der Waals surface area (Å²) in [4.78, 5) is 7.42. The predicted molar refractivity (Wildman–Crippen MR) is 125 cm³/mol. The van der Waals surface area contributed by atoms with E-state index in [1.807, 2.05) is 24.4 Å². The van der Waals surface area contributed by atoms with Crippen molar-refractivity contribution in [3.8, 4) is 11.5 Å². The quantitative estimate of drug-likeness (QED) is 0.256. The summed E-state index contributed by atoms with van der Waals surface area (Å²) in [6.45, 7) is 1.27. The van der Waals surface area contributed by atoms with E-state index in [2.05, 4.69) is 20.6 Å². The highest BCUT2D eigenvalue weighted by Gasteiger charge is 2.07. The van der Waals surface area contributed by atoms with Gasteiger partial charge in [-0.1, -0.05) is 6.07 Å². The van der Waals surface area contributed by atoms with Crippen LogP contribution in [0.4, 0.5) is 4.39 Å². The lowest BCUT2D eigenvalue weighted by Crippen LogP contribution is -2.37. The van der Waals surface area contributed by atoms with Crippen LogP contribution in [0, 0.1) is 5.82 Å². The number of ether oxygens (including phenoxy) is 2. The maximum Gasteiger partial charge on any atom is 0.191 e. The lowest BCUT2D eigenvalue weighted by Gasteiger charge is -2.13. The summed E-state index contributed by atoms with van der Waals surface area (Å²) in [5, 5.41) is 7.47. The Bertz CT molecular complexity index is 974. The molecule has 3 rings (SSSR count). The summed E-state index contributed by atoms with van der Waals surface area (Å²) < 4.78 is 24.1. The summed E-state index contributed by atoms with van der Waals surface area (Å²) in [5.41, 5.74) is 3.05. The van der Waals surface area contributed by atoms with Crippen LogP contribution in [0.2, 0.25) is 0 Å². The van der Waals surface area contributed by atoms with Gasteiger partial charge in [-0.15, -0.1) is 24.0 Å². The number of aromatic amines is 1. The molecule has 29 heavy (non-hydrogen) atoms. The fourth-order valence-electron chi connectivity index (χ4n) is 3.07. The summed E-state index contributed by atoms with van der Waals surface area (Å²) in [6.07, 6.45) is 2.67. The number of rotatable bonds is 7. The van der Waals surface area contributed by atoms with Crippen molar-refractivity contribution in [3.63, 3.8) is 0 Å². The number of aromatic nitrogens is 1. The Labute approximate surface area is 186 Å². The third kappa shape index (κ3) is 5.75. The molecule has 8 heteroatoms. The van der Waals surface area contributed by atoms with Crippen molar-refractivity contribution in [1.82, 2.24) is 15.6 Å². The van der Waals surface area contributed by atoms with Crippen molar-refractivity contribution >= 4 is 40.8 Å². The molecule has 6 nitrogen and oxygen atoms in total. The van der Waals surface area contributed by atoms with Crippen molar-refractivity contribution in [1.29, 1.82) is 0 Å². The van der Waals surface area contributed by atoms with Gasteiger partial charge in [0.2, 0.25) is 0 Å². The number of nitrogens with zero attached hydrogens (tertiary/aromatic N) is 1. The first-order valence-electron chi connectivity index (χ1n) is 9.05. The van der Waals surface area contributed by atoms with Crippen LogP contribution in [0.15, 0.2) is 47.6 Å². The van der Waals surface area contributed by atoms with E-state index in [0.717, 1.165) is 28.5 Å². The Hall–Kier alpha value is -2.49. The van der Waals surface area contributed by atoms with Crippen molar-refractivity contribution in [2.45, 2.75) is 13.0 Å². The fraction of sp³-hybridized carbons (Fsp3) is 0.286. The maximum absolute atomic E-state index is 13.5. The molecule has 0 atom stereocenters. The SMILES string of the molecule is CN=C(NCCc1c[nH]c2ccc(F)cc12)NCc1ccc(OC)c(OC)c1.I. The predicted octanol–water partition coefficient (Wildman–Crippen LogP) is 3.85. The van der Waals surface area contributed by atoms with Gasteiger partial charge in [-0.05, 0) is 47.9 Å². The Morgan fingerprint density at radius 3 is 2.59 bits per heavy atom. The zero-order valence-corrected chi connectivity index (χ0v) is 19.0. The van der Waals surface area contributed by atoms with E-state index in [9.17, 15) is 4.39 Å². The van der Waals surface area contributed by atoms with Gasteiger partial charge >= 0.3 is 0 Å². The Morgan fingerprint density at radius 2 is 1.86 bits per heavy atom. The number of benzene rings is 2. The van der Waals surface area contributed by atoms with Gasteiger partial charge in [0.15, 0.2) is 17.5 Å². The highest BCUT2D eigenvalue weighted by atomic mass is 127. The van der Waals surface area contributed by atoms with Gasteiger partial charge in [0.1, 0.15) is 5.82 Å². The molecule has 1 aromatic heterocycles. The number of methoxy groups -OCH3 is 2. The van der Waals surface area contributed by atoms with E-state index in [1.54, 1.807) is 33.4 Å². The van der Waals surface area contributed by atoms with E-state index in [1.165, 1.54) is 6.07 Å². The fourth-order valence-corrected chi connectivity index (χ4v) is 3.07. The Balaban J connectivity index is 0.00000300. The molecule has 3 N–H and O–H groups in total. The van der Waals surface area contributed by atoms with Crippen LogP contribution in [0.1, 0.15) is 11.1 Å². The number of halogens is 2. The van der Waals surface area contributed by atoms with E-state index in [0.29, 0.717) is 30.5 Å². The first kappa shape index (κ1) is 22.8. The molecule has 0 fully saturated rings. The largest absolute Gasteiger partial charge is 0.493 e. The van der Waals surface area contributed by atoms with Crippen molar-refractivity contribution in [3.05, 3.63) is 59.5 Å². The molecule has 0 aliphatic carbocycles. The van der Waals surface area contributed by atoms with Crippen LogP contribution < -0.4 is 20.1 Å². The number of hydrogen-bond donors (Lipinski definition) is 3. The van der Waals surface area contributed by atoms with Crippen LogP contribution in [-0.4, -0.2) is 38.8 Å². The molecule has 2 aromatic carbocycles. The highest BCUT2D eigenvalue weighted by molar-refractivity contribution is 14.0. The van der Waals surface area contributed by atoms with Crippen molar-refractivity contribution in [2.75, 3.05) is 27.8 Å². The van der Waals surface area contributed by atoms with Crippen LogP contribution in [0.3, 0.4) is 0 Å². The minimum Gasteiger partial charge on any atom is -0.493 e. The number of nitrogens with one attached hydrogen (secondary N) is 3. The first-order chi connectivity index (χ1) is 13.6. The molecule has 0 unspecified atom stereocenters.